The molecule has 34 heavy (non-hydrogen) atoms. The number of hydrogen-bond donors (Lipinski definition) is 1. The van der Waals surface area contributed by atoms with Crippen LogP contribution in [0.15, 0.2) is 66.9 Å². The van der Waals surface area contributed by atoms with Gasteiger partial charge >= 0.3 is 6.11 Å². The zero-order chi connectivity index (χ0) is 23.9. The van der Waals surface area contributed by atoms with E-state index in [1.165, 1.54) is 6.20 Å². The average Bonchev–Trinajstić information content (AvgIpc) is 3.11. The molecule has 2 aliphatic heterocycles. The van der Waals surface area contributed by atoms with Crippen molar-refractivity contribution >= 4 is 11.6 Å². The molecule has 5 rings (SSSR count). The van der Waals surface area contributed by atoms with Crippen LogP contribution in [0.5, 0.6) is 5.75 Å². The van der Waals surface area contributed by atoms with Gasteiger partial charge in [0.15, 0.2) is 6.10 Å². The third-order valence-electron chi connectivity index (χ3n) is 6.56. The van der Waals surface area contributed by atoms with Crippen molar-refractivity contribution in [3.05, 3.63) is 94.3 Å². The van der Waals surface area contributed by atoms with Gasteiger partial charge in [-0.2, -0.15) is 8.78 Å². The molecule has 0 amide bonds. The first-order valence-corrected chi connectivity index (χ1v) is 11.7. The molecule has 0 saturated carbocycles. The van der Waals surface area contributed by atoms with E-state index in [0.29, 0.717) is 10.7 Å². The number of benzene rings is 2. The van der Waals surface area contributed by atoms with Gasteiger partial charge in [-0.3, -0.25) is 10.1 Å². The lowest BCUT2D eigenvalue weighted by Crippen LogP contribution is -2.43. The number of halogens is 3. The lowest BCUT2D eigenvalue weighted by atomic mass is 9.83. The van der Waals surface area contributed by atoms with Crippen LogP contribution in [0.2, 0.25) is 5.02 Å². The van der Waals surface area contributed by atoms with E-state index >= 15 is 0 Å². The summed E-state index contributed by atoms with van der Waals surface area (Å²) in [6.07, 6.45) is -0.477. The summed E-state index contributed by atoms with van der Waals surface area (Å²) < 4.78 is 38.5. The number of likely N-dealkylation sites (tertiary alicyclic amines) is 1. The van der Waals surface area contributed by atoms with Crippen molar-refractivity contribution < 1.29 is 28.2 Å². The molecule has 5 nitrogen and oxygen atoms in total. The standard InChI is InChI=1S/C26H26ClF2N2O3/c1-25(28,29)33-20-8-6-18(7-9-20)17-30-14-11-26(12-15-30)22-5-3-2-4-21(22)24(34-26)23-16-19(27)10-13-31(23)32/h2-10,13,16,24,32H,11-12,14-15,17H2,1H3/q+1. The van der Waals surface area contributed by atoms with Gasteiger partial charge in [-0.25, -0.2) is 0 Å². The number of fused-ring (bicyclic) bond motifs is 2. The van der Waals surface area contributed by atoms with Crippen molar-refractivity contribution in [2.24, 2.45) is 0 Å². The Kier molecular flexibility index (Phi) is 5.96. The van der Waals surface area contributed by atoms with Crippen LogP contribution in [0.4, 0.5) is 8.78 Å². The van der Waals surface area contributed by atoms with E-state index in [-0.39, 0.29) is 5.75 Å². The first-order chi connectivity index (χ1) is 16.2. The highest BCUT2D eigenvalue weighted by atomic mass is 35.5. The van der Waals surface area contributed by atoms with Crippen LogP contribution in [0.1, 0.15) is 48.3 Å². The number of nitrogens with zero attached hydrogens (tertiary/aromatic N) is 2. The minimum Gasteiger partial charge on any atom is -0.433 e. The van der Waals surface area contributed by atoms with Crippen molar-refractivity contribution in [3.63, 3.8) is 0 Å². The van der Waals surface area contributed by atoms with Gasteiger partial charge in [-0.15, -0.1) is 0 Å². The molecule has 178 valence electrons. The van der Waals surface area contributed by atoms with Crippen LogP contribution in [0, 0.1) is 0 Å². The fourth-order valence-corrected chi connectivity index (χ4v) is 5.15. The van der Waals surface area contributed by atoms with E-state index in [9.17, 15) is 14.0 Å². The van der Waals surface area contributed by atoms with Crippen molar-refractivity contribution in [1.82, 2.24) is 4.90 Å². The first kappa shape index (κ1) is 23.0. The van der Waals surface area contributed by atoms with Crippen molar-refractivity contribution in [1.29, 1.82) is 0 Å². The summed E-state index contributed by atoms with van der Waals surface area (Å²) in [4.78, 5) is 2.33. The van der Waals surface area contributed by atoms with Gasteiger partial charge in [0.25, 0.3) is 5.69 Å². The minimum atomic E-state index is -3.20. The maximum absolute atomic E-state index is 13.0. The van der Waals surface area contributed by atoms with Crippen LogP contribution >= 0.6 is 11.6 Å². The van der Waals surface area contributed by atoms with E-state index in [1.54, 1.807) is 24.3 Å². The van der Waals surface area contributed by atoms with E-state index in [1.807, 2.05) is 30.3 Å². The Labute approximate surface area is 202 Å². The highest BCUT2D eigenvalue weighted by Crippen LogP contribution is 2.51. The van der Waals surface area contributed by atoms with Gasteiger partial charge in [0.2, 0.25) is 6.20 Å². The van der Waals surface area contributed by atoms with E-state index in [4.69, 9.17) is 16.3 Å². The Morgan fingerprint density at radius 2 is 1.85 bits per heavy atom. The molecule has 1 spiro atoms. The maximum atomic E-state index is 13.0. The molecule has 0 radical (unpaired) electrons. The number of aromatic nitrogens is 1. The number of hydrogen-bond acceptors (Lipinski definition) is 4. The van der Waals surface area contributed by atoms with Crippen LogP contribution in [-0.4, -0.2) is 29.3 Å². The largest absolute Gasteiger partial charge is 0.433 e. The van der Waals surface area contributed by atoms with Crippen LogP contribution in [-0.2, 0) is 16.9 Å². The number of piperidine rings is 1. The van der Waals surface area contributed by atoms with E-state index in [0.717, 1.165) is 60.8 Å². The highest BCUT2D eigenvalue weighted by Gasteiger charge is 2.49. The molecule has 2 aliphatic rings. The summed E-state index contributed by atoms with van der Waals surface area (Å²) in [6.45, 7) is 3.08. The zero-order valence-corrected chi connectivity index (χ0v) is 19.5. The number of ether oxygens (including phenoxy) is 2. The van der Waals surface area contributed by atoms with Crippen molar-refractivity contribution in [2.45, 2.75) is 44.1 Å². The number of rotatable bonds is 5. The topological polar surface area (TPSA) is 45.8 Å². The molecule has 1 atom stereocenters. The third-order valence-corrected chi connectivity index (χ3v) is 6.80. The van der Waals surface area contributed by atoms with Crippen molar-refractivity contribution in [2.75, 3.05) is 13.1 Å². The summed E-state index contributed by atoms with van der Waals surface area (Å²) in [5, 5.41) is 11.0. The molecule has 1 aromatic heterocycles. The monoisotopic (exact) mass is 487 g/mol. The summed E-state index contributed by atoms with van der Waals surface area (Å²) >= 11 is 6.21. The molecule has 8 heteroatoms. The molecule has 1 N–H and O–H groups in total. The van der Waals surface area contributed by atoms with E-state index in [2.05, 4.69) is 15.7 Å². The van der Waals surface area contributed by atoms with E-state index < -0.39 is 17.8 Å². The van der Waals surface area contributed by atoms with Gasteiger partial charge in [0.1, 0.15) is 5.75 Å². The molecular weight excluding hydrogens is 462 g/mol. The molecule has 1 unspecified atom stereocenters. The molecule has 2 aromatic carbocycles. The zero-order valence-electron chi connectivity index (χ0n) is 18.8. The fraction of sp³-hybridized carbons (Fsp3) is 0.346. The normalized spacial score (nSPS) is 19.8. The SMILES string of the molecule is CC(F)(F)Oc1ccc(CN2CCC3(CC2)OC(c2cc(Cl)cc[n+]2O)c2ccccc23)cc1. The Morgan fingerprint density at radius 3 is 2.56 bits per heavy atom. The summed E-state index contributed by atoms with van der Waals surface area (Å²) in [5.41, 5.74) is 3.40. The summed E-state index contributed by atoms with van der Waals surface area (Å²) in [7, 11) is 0. The maximum Gasteiger partial charge on any atom is 0.394 e. The number of alkyl halides is 2. The predicted molar refractivity (Wildman–Crippen MR) is 122 cm³/mol. The van der Waals surface area contributed by atoms with Crippen LogP contribution in [0.25, 0.3) is 0 Å². The van der Waals surface area contributed by atoms with Gasteiger partial charge in [-0.05, 0) is 41.7 Å². The Hall–Kier alpha value is -2.74. The van der Waals surface area contributed by atoms with Crippen LogP contribution in [0.3, 0.4) is 0 Å². The molecule has 0 aliphatic carbocycles. The Bertz CT molecular complexity index is 1180. The van der Waals surface area contributed by atoms with Gasteiger partial charge in [0, 0.05) is 43.4 Å². The molecule has 1 saturated heterocycles. The second kappa shape index (κ2) is 8.80. The average molecular weight is 488 g/mol. The van der Waals surface area contributed by atoms with Crippen LogP contribution < -0.4 is 9.47 Å². The fourth-order valence-electron chi connectivity index (χ4n) is 4.98. The predicted octanol–water partition coefficient (Wildman–Crippen LogP) is 5.47. The van der Waals surface area contributed by atoms with Gasteiger partial charge in [-0.1, -0.05) is 48.0 Å². The molecule has 1 fully saturated rings. The highest BCUT2D eigenvalue weighted by molar-refractivity contribution is 6.30. The molecule has 0 bridgehead atoms. The lowest BCUT2D eigenvalue weighted by molar-refractivity contribution is -0.911. The lowest BCUT2D eigenvalue weighted by Gasteiger charge is -2.39. The molecule has 3 aromatic rings. The summed E-state index contributed by atoms with van der Waals surface area (Å²) in [5.74, 6) is 0.151. The first-order valence-electron chi connectivity index (χ1n) is 11.3. The minimum absolute atomic E-state index is 0.151. The number of pyridine rings is 1. The smallest absolute Gasteiger partial charge is 0.394 e. The quantitative estimate of drug-likeness (QED) is 0.383. The second-order valence-electron chi connectivity index (χ2n) is 9.02. The van der Waals surface area contributed by atoms with Crippen molar-refractivity contribution in [3.8, 4) is 5.75 Å². The molecule has 3 heterocycles. The molecular formula is C26H26ClF2N2O3+. The van der Waals surface area contributed by atoms with Gasteiger partial charge in [0.05, 0.1) is 10.6 Å². The third kappa shape index (κ3) is 4.60. The Morgan fingerprint density at radius 1 is 1.15 bits per heavy atom. The Balaban J connectivity index is 1.30. The summed E-state index contributed by atoms with van der Waals surface area (Å²) in [6, 6.07) is 18.3. The second-order valence-corrected chi connectivity index (χ2v) is 9.46. The van der Waals surface area contributed by atoms with Gasteiger partial charge < -0.3 is 9.47 Å².